The van der Waals surface area contributed by atoms with Crippen LogP contribution >= 0.6 is 0 Å². The Balaban J connectivity index is 2.31. The molecule has 2 amide bonds. The van der Waals surface area contributed by atoms with E-state index < -0.39 is 0 Å². The van der Waals surface area contributed by atoms with E-state index in [1.807, 2.05) is 0 Å². The summed E-state index contributed by atoms with van der Waals surface area (Å²) in [6.45, 7) is 3.52. The molecule has 0 spiro atoms. The van der Waals surface area contributed by atoms with E-state index in [1.165, 1.54) is 0 Å². The third-order valence-corrected chi connectivity index (χ3v) is 3.80. The minimum atomic E-state index is -0.343. The van der Waals surface area contributed by atoms with E-state index >= 15 is 0 Å². The van der Waals surface area contributed by atoms with E-state index in [-0.39, 0.29) is 17.9 Å². The molecule has 0 bridgehead atoms. The van der Waals surface area contributed by atoms with Crippen LogP contribution < -0.4 is 16.4 Å². The van der Waals surface area contributed by atoms with Gasteiger partial charge >= 0.3 is 0 Å². The van der Waals surface area contributed by atoms with Gasteiger partial charge in [0.15, 0.2) is 0 Å². The largest absolute Gasteiger partial charge is 0.354 e. The van der Waals surface area contributed by atoms with Crippen molar-refractivity contribution in [2.45, 2.75) is 57.9 Å². The quantitative estimate of drug-likeness (QED) is 0.643. The Morgan fingerprint density at radius 3 is 2.95 bits per heavy atom. The molecule has 0 aromatic carbocycles. The lowest BCUT2D eigenvalue weighted by Gasteiger charge is -2.17. The monoisotopic (exact) mass is 269 g/mol. The van der Waals surface area contributed by atoms with E-state index in [4.69, 9.17) is 5.73 Å². The summed E-state index contributed by atoms with van der Waals surface area (Å²) in [4.78, 5) is 23.6. The average molecular weight is 269 g/mol. The molecule has 5 heteroatoms. The highest BCUT2D eigenvalue weighted by atomic mass is 16.2. The Kier molecular flexibility index (Phi) is 7.48. The van der Waals surface area contributed by atoms with Gasteiger partial charge in [-0.2, -0.15) is 0 Å². The molecule has 0 saturated carbocycles. The molecule has 1 aliphatic rings. The van der Waals surface area contributed by atoms with Gasteiger partial charge in [-0.25, -0.2) is 0 Å². The molecule has 19 heavy (non-hydrogen) atoms. The highest BCUT2D eigenvalue weighted by Crippen LogP contribution is 2.14. The Hall–Kier alpha value is -1.10. The first-order valence-electron chi connectivity index (χ1n) is 7.44. The third kappa shape index (κ3) is 6.05. The number of nitrogens with two attached hydrogens (primary N) is 1. The molecule has 1 fully saturated rings. The van der Waals surface area contributed by atoms with Crippen molar-refractivity contribution in [2.75, 3.05) is 13.1 Å². The Morgan fingerprint density at radius 2 is 2.26 bits per heavy atom. The van der Waals surface area contributed by atoms with Crippen molar-refractivity contribution in [3.63, 3.8) is 0 Å². The van der Waals surface area contributed by atoms with Crippen LogP contribution in [0.3, 0.4) is 0 Å². The predicted octanol–water partition coefficient (Wildman–Crippen LogP) is 0.927. The summed E-state index contributed by atoms with van der Waals surface area (Å²) in [5.41, 5.74) is 5.54. The fraction of sp³-hybridized carbons (Fsp3) is 0.857. The van der Waals surface area contributed by atoms with E-state index in [1.54, 1.807) is 0 Å². The number of nitrogens with one attached hydrogen (secondary N) is 2. The van der Waals surface area contributed by atoms with Gasteiger partial charge in [-0.15, -0.1) is 0 Å². The van der Waals surface area contributed by atoms with Gasteiger partial charge in [-0.05, 0) is 44.6 Å². The Labute approximate surface area is 115 Å². The van der Waals surface area contributed by atoms with Crippen LogP contribution in [0.4, 0.5) is 0 Å². The molecule has 110 valence electrons. The second kappa shape index (κ2) is 8.91. The van der Waals surface area contributed by atoms with Crippen molar-refractivity contribution in [3.05, 3.63) is 0 Å². The summed E-state index contributed by atoms with van der Waals surface area (Å²) in [5, 5.41) is 5.67. The number of hydrogen-bond acceptors (Lipinski definition) is 3. The maximum absolute atomic E-state index is 11.9. The first-order valence-corrected chi connectivity index (χ1v) is 7.44. The standard InChI is InChI=1S/C14H27N3O2/c1-2-11(8-9-15)6-7-13(18)17-12-5-3-4-10-16-14(12)19/h11-12H,2-10,15H2,1H3,(H,16,19)(H,17,18). The SMILES string of the molecule is CCC(CCN)CCC(=O)NC1CCCCNC1=O. The molecule has 2 unspecified atom stereocenters. The Bertz CT molecular complexity index is 294. The van der Waals surface area contributed by atoms with E-state index in [0.717, 1.165) is 45.1 Å². The fourth-order valence-corrected chi connectivity index (χ4v) is 2.47. The van der Waals surface area contributed by atoms with E-state index in [0.29, 0.717) is 18.9 Å². The summed E-state index contributed by atoms with van der Waals surface area (Å²) in [5.74, 6) is 0.455. The van der Waals surface area contributed by atoms with E-state index in [2.05, 4.69) is 17.6 Å². The van der Waals surface area contributed by atoms with Crippen molar-refractivity contribution in [1.82, 2.24) is 10.6 Å². The van der Waals surface area contributed by atoms with Gasteiger partial charge < -0.3 is 16.4 Å². The first kappa shape index (κ1) is 16.0. The second-order valence-corrected chi connectivity index (χ2v) is 5.30. The normalized spacial score (nSPS) is 21.4. The number of carbonyl (C=O) groups is 2. The van der Waals surface area contributed by atoms with Crippen LogP contribution in [0.25, 0.3) is 0 Å². The summed E-state index contributed by atoms with van der Waals surface area (Å²) in [6.07, 6.45) is 6.08. The van der Waals surface area contributed by atoms with Gasteiger partial charge in [-0.1, -0.05) is 13.3 Å². The highest BCUT2D eigenvalue weighted by molar-refractivity contribution is 5.87. The molecule has 4 N–H and O–H groups in total. The van der Waals surface area contributed by atoms with Crippen LogP contribution in [-0.4, -0.2) is 30.9 Å². The maximum atomic E-state index is 11.9. The molecule has 1 rings (SSSR count). The van der Waals surface area contributed by atoms with Gasteiger partial charge in [0, 0.05) is 13.0 Å². The maximum Gasteiger partial charge on any atom is 0.242 e. The van der Waals surface area contributed by atoms with Crippen molar-refractivity contribution >= 4 is 11.8 Å². The molecule has 1 heterocycles. The fourth-order valence-electron chi connectivity index (χ4n) is 2.47. The molecule has 2 atom stereocenters. The lowest BCUT2D eigenvalue weighted by atomic mass is 9.96. The summed E-state index contributed by atoms with van der Waals surface area (Å²) >= 11 is 0. The van der Waals surface area contributed by atoms with Crippen LogP contribution in [0, 0.1) is 5.92 Å². The number of amides is 2. The van der Waals surface area contributed by atoms with Gasteiger partial charge in [0.25, 0.3) is 0 Å². The minimum absolute atomic E-state index is 0.0162. The van der Waals surface area contributed by atoms with Gasteiger partial charge in [-0.3, -0.25) is 9.59 Å². The topological polar surface area (TPSA) is 84.2 Å². The zero-order valence-electron chi connectivity index (χ0n) is 11.9. The summed E-state index contributed by atoms with van der Waals surface area (Å²) in [6, 6.07) is -0.343. The molecule has 0 aromatic heterocycles. The minimum Gasteiger partial charge on any atom is -0.354 e. The van der Waals surface area contributed by atoms with Crippen molar-refractivity contribution < 1.29 is 9.59 Å². The van der Waals surface area contributed by atoms with Crippen molar-refractivity contribution in [3.8, 4) is 0 Å². The van der Waals surface area contributed by atoms with Crippen LogP contribution in [0.15, 0.2) is 0 Å². The predicted molar refractivity (Wildman–Crippen MR) is 75.5 cm³/mol. The van der Waals surface area contributed by atoms with Crippen LogP contribution in [-0.2, 0) is 9.59 Å². The van der Waals surface area contributed by atoms with Gasteiger partial charge in [0.1, 0.15) is 6.04 Å². The van der Waals surface area contributed by atoms with Gasteiger partial charge in [0.2, 0.25) is 11.8 Å². The molecular formula is C14H27N3O2. The smallest absolute Gasteiger partial charge is 0.242 e. The van der Waals surface area contributed by atoms with Crippen molar-refractivity contribution in [1.29, 1.82) is 0 Å². The zero-order valence-corrected chi connectivity index (χ0v) is 11.9. The second-order valence-electron chi connectivity index (χ2n) is 5.30. The van der Waals surface area contributed by atoms with Crippen molar-refractivity contribution in [2.24, 2.45) is 11.7 Å². The lowest BCUT2D eigenvalue weighted by Crippen LogP contribution is -2.45. The number of rotatable bonds is 7. The molecule has 0 radical (unpaired) electrons. The third-order valence-electron chi connectivity index (χ3n) is 3.80. The number of hydrogen-bond donors (Lipinski definition) is 3. The van der Waals surface area contributed by atoms with Crippen LogP contribution in [0.2, 0.25) is 0 Å². The first-order chi connectivity index (χ1) is 9.17. The zero-order chi connectivity index (χ0) is 14.1. The molecule has 1 saturated heterocycles. The summed E-state index contributed by atoms with van der Waals surface area (Å²) < 4.78 is 0. The lowest BCUT2D eigenvalue weighted by molar-refractivity contribution is -0.129. The molecule has 0 aromatic rings. The highest BCUT2D eigenvalue weighted by Gasteiger charge is 2.22. The Morgan fingerprint density at radius 1 is 1.47 bits per heavy atom. The van der Waals surface area contributed by atoms with Crippen LogP contribution in [0.5, 0.6) is 0 Å². The molecular weight excluding hydrogens is 242 g/mol. The summed E-state index contributed by atoms with van der Waals surface area (Å²) in [7, 11) is 0. The molecule has 1 aliphatic heterocycles. The molecule has 0 aliphatic carbocycles. The number of carbonyl (C=O) groups excluding carboxylic acids is 2. The van der Waals surface area contributed by atoms with Gasteiger partial charge in [0.05, 0.1) is 0 Å². The van der Waals surface area contributed by atoms with E-state index in [9.17, 15) is 9.59 Å². The average Bonchev–Trinajstić information content (AvgIpc) is 2.60. The molecule has 5 nitrogen and oxygen atoms in total. The van der Waals surface area contributed by atoms with Crippen LogP contribution in [0.1, 0.15) is 51.9 Å².